The number of pyridine rings is 1. The van der Waals surface area contributed by atoms with E-state index in [1.807, 2.05) is 13.0 Å². The number of amides is 1. The maximum absolute atomic E-state index is 13.3. The molecule has 5 nitrogen and oxygen atoms in total. The number of fused-ring (bicyclic) bond motifs is 1. The highest BCUT2D eigenvalue weighted by Crippen LogP contribution is 2.40. The zero-order valence-corrected chi connectivity index (χ0v) is 21.8. The number of aromatic nitrogens is 1. The van der Waals surface area contributed by atoms with Gasteiger partial charge in [-0.25, -0.2) is 4.98 Å². The van der Waals surface area contributed by atoms with Crippen LogP contribution in [0.5, 0.6) is 0 Å². The molecule has 3 aliphatic rings. The summed E-state index contributed by atoms with van der Waals surface area (Å²) < 4.78 is 0. The molecule has 1 amide bonds. The highest BCUT2D eigenvalue weighted by atomic mass is 32.1. The van der Waals surface area contributed by atoms with Crippen LogP contribution < -0.4 is 5.32 Å². The molecule has 2 fully saturated rings. The van der Waals surface area contributed by atoms with Gasteiger partial charge in [0.2, 0.25) is 0 Å². The normalized spacial score (nSPS) is 19.0. The Bertz CT molecular complexity index is 1220. The van der Waals surface area contributed by atoms with Gasteiger partial charge in [-0.05, 0) is 92.2 Å². The standard InChI is InChI=1S/C28H31N3O2S2/c1-16-20(7-8-21(14-29)31-16)12-22(34)10-18-4-9-25-23(11-18)27(28(33)30-15-17-2-3-17)26(35-25)13-24(32)19-5-6-19/h7-8,17-19H,2-6,9-13,15H2,1H3,(H,30,33)/t18-/m1/s1. The zero-order chi connectivity index (χ0) is 24.5. The van der Waals surface area contributed by atoms with Gasteiger partial charge in [-0.3, -0.25) is 9.59 Å². The fraction of sp³-hybridized carbons (Fsp3) is 0.536. The summed E-state index contributed by atoms with van der Waals surface area (Å²) in [5.74, 6) is 1.54. The van der Waals surface area contributed by atoms with Crippen molar-refractivity contribution in [1.29, 1.82) is 5.26 Å². The first-order valence-electron chi connectivity index (χ1n) is 12.7. The van der Waals surface area contributed by atoms with Crippen molar-refractivity contribution in [3.8, 4) is 6.07 Å². The molecule has 0 aromatic carbocycles. The average Bonchev–Trinajstić information content (AvgIpc) is 3.75. The van der Waals surface area contributed by atoms with E-state index in [4.69, 9.17) is 17.5 Å². The van der Waals surface area contributed by atoms with Crippen LogP contribution in [0.2, 0.25) is 0 Å². The van der Waals surface area contributed by atoms with Crippen LogP contribution in [0, 0.1) is 36.0 Å². The molecule has 7 heteroatoms. The lowest BCUT2D eigenvalue weighted by Crippen LogP contribution is -2.28. The molecule has 2 aromatic heterocycles. The minimum absolute atomic E-state index is 0.00973. The van der Waals surface area contributed by atoms with Crippen molar-refractivity contribution in [2.24, 2.45) is 17.8 Å². The number of Topliss-reactive ketones (excluding diaryl/α,β-unsaturated/α-hetero) is 1. The second-order valence-corrected chi connectivity index (χ2v) is 12.2. The van der Waals surface area contributed by atoms with Gasteiger partial charge in [-0.2, -0.15) is 5.26 Å². The molecule has 5 rings (SSSR count). The summed E-state index contributed by atoms with van der Waals surface area (Å²) in [4.78, 5) is 33.5. The van der Waals surface area contributed by atoms with Crippen molar-refractivity contribution in [3.05, 3.63) is 50.0 Å². The van der Waals surface area contributed by atoms with Gasteiger partial charge in [-0.1, -0.05) is 18.3 Å². The Morgan fingerprint density at radius 2 is 1.97 bits per heavy atom. The van der Waals surface area contributed by atoms with Gasteiger partial charge in [0.1, 0.15) is 17.5 Å². The smallest absolute Gasteiger partial charge is 0.252 e. The van der Waals surface area contributed by atoms with Crippen LogP contribution >= 0.6 is 23.6 Å². The first-order chi connectivity index (χ1) is 16.9. The zero-order valence-electron chi connectivity index (χ0n) is 20.2. The summed E-state index contributed by atoms with van der Waals surface area (Å²) >= 11 is 7.48. The second kappa shape index (κ2) is 10.3. The van der Waals surface area contributed by atoms with Crippen LogP contribution in [-0.4, -0.2) is 28.1 Å². The summed E-state index contributed by atoms with van der Waals surface area (Å²) in [6, 6.07) is 5.79. The average molecular weight is 506 g/mol. The molecule has 2 aromatic rings. The third kappa shape index (κ3) is 5.87. The number of rotatable bonds is 10. The van der Waals surface area contributed by atoms with Gasteiger partial charge in [-0.15, -0.1) is 11.3 Å². The molecule has 35 heavy (non-hydrogen) atoms. The Labute approximate surface area is 216 Å². The topological polar surface area (TPSA) is 82.8 Å². The summed E-state index contributed by atoms with van der Waals surface area (Å²) in [7, 11) is 0. The van der Waals surface area contributed by atoms with E-state index in [0.29, 0.717) is 36.2 Å². The molecule has 0 spiro atoms. The van der Waals surface area contributed by atoms with E-state index in [9.17, 15) is 9.59 Å². The maximum atomic E-state index is 13.3. The number of hydrogen-bond donors (Lipinski definition) is 1. The van der Waals surface area contributed by atoms with Crippen LogP contribution in [0.3, 0.4) is 0 Å². The molecular weight excluding hydrogens is 474 g/mol. The minimum atomic E-state index is 0.00973. The van der Waals surface area contributed by atoms with Crippen LogP contribution in [0.4, 0.5) is 0 Å². The van der Waals surface area contributed by atoms with E-state index < -0.39 is 0 Å². The molecule has 1 N–H and O–H groups in total. The molecule has 182 valence electrons. The summed E-state index contributed by atoms with van der Waals surface area (Å²) in [5.41, 5.74) is 4.31. The molecule has 1 atom stereocenters. The van der Waals surface area contributed by atoms with Crippen LogP contribution in [0.1, 0.15) is 81.2 Å². The van der Waals surface area contributed by atoms with Crippen molar-refractivity contribution in [1.82, 2.24) is 10.3 Å². The molecule has 0 radical (unpaired) electrons. The number of nitriles is 1. The quantitative estimate of drug-likeness (QED) is 0.455. The number of nitrogens with zero attached hydrogens (tertiary/aromatic N) is 2. The highest BCUT2D eigenvalue weighted by Gasteiger charge is 2.34. The molecule has 3 aliphatic carbocycles. The number of carbonyl (C=O) groups is 2. The summed E-state index contributed by atoms with van der Waals surface area (Å²) in [6.45, 7) is 2.67. The van der Waals surface area contributed by atoms with Crippen molar-refractivity contribution < 1.29 is 9.59 Å². The minimum Gasteiger partial charge on any atom is -0.352 e. The lowest BCUT2D eigenvalue weighted by molar-refractivity contribution is -0.119. The molecular formula is C28H31N3O2S2. The monoisotopic (exact) mass is 505 g/mol. The Morgan fingerprint density at radius 3 is 2.66 bits per heavy atom. The lowest BCUT2D eigenvalue weighted by atomic mass is 9.82. The number of thiocarbonyl (C=S) groups is 1. The first-order valence-corrected chi connectivity index (χ1v) is 14.0. The molecule has 2 heterocycles. The van der Waals surface area contributed by atoms with Gasteiger partial charge in [0, 0.05) is 40.8 Å². The van der Waals surface area contributed by atoms with E-state index in [1.165, 1.54) is 17.7 Å². The van der Waals surface area contributed by atoms with Gasteiger partial charge < -0.3 is 5.32 Å². The molecule has 0 saturated heterocycles. The van der Waals surface area contributed by atoms with Crippen molar-refractivity contribution in [2.75, 3.05) is 6.54 Å². The molecule has 0 aliphatic heterocycles. The fourth-order valence-electron chi connectivity index (χ4n) is 5.08. The van der Waals surface area contributed by atoms with Crippen molar-refractivity contribution in [2.45, 2.75) is 71.1 Å². The maximum Gasteiger partial charge on any atom is 0.252 e. The Kier molecular flexibility index (Phi) is 7.13. The van der Waals surface area contributed by atoms with Crippen molar-refractivity contribution in [3.63, 3.8) is 0 Å². The Balaban J connectivity index is 1.29. The van der Waals surface area contributed by atoms with Gasteiger partial charge in [0.25, 0.3) is 5.91 Å². The van der Waals surface area contributed by atoms with Crippen LogP contribution in [0.15, 0.2) is 12.1 Å². The van der Waals surface area contributed by atoms with Gasteiger partial charge >= 0.3 is 0 Å². The van der Waals surface area contributed by atoms with E-state index >= 15 is 0 Å². The largest absolute Gasteiger partial charge is 0.352 e. The van der Waals surface area contributed by atoms with Crippen LogP contribution in [-0.2, 0) is 30.5 Å². The molecule has 2 saturated carbocycles. The number of nitrogens with one attached hydrogen (secondary N) is 1. The van der Waals surface area contributed by atoms with Crippen molar-refractivity contribution >= 4 is 40.1 Å². The van der Waals surface area contributed by atoms with Crippen LogP contribution in [0.25, 0.3) is 0 Å². The number of hydrogen-bond acceptors (Lipinski definition) is 6. The summed E-state index contributed by atoms with van der Waals surface area (Å²) in [5, 5.41) is 12.2. The number of thiophene rings is 1. The third-order valence-corrected chi connectivity index (χ3v) is 9.10. The van der Waals surface area contributed by atoms with Gasteiger partial charge in [0.15, 0.2) is 0 Å². The third-order valence-electron chi connectivity index (χ3n) is 7.49. The lowest BCUT2D eigenvalue weighted by Gasteiger charge is -2.23. The van der Waals surface area contributed by atoms with E-state index in [-0.39, 0.29) is 11.8 Å². The predicted molar refractivity (Wildman–Crippen MR) is 141 cm³/mol. The number of aryl methyl sites for hydroxylation is 2. The Hall–Kier alpha value is -2.43. The second-order valence-electron chi connectivity index (χ2n) is 10.5. The van der Waals surface area contributed by atoms with E-state index in [0.717, 1.165) is 77.2 Å². The number of ketones is 1. The van der Waals surface area contributed by atoms with E-state index in [1.54, 1.807) is 17.4 Å². The SMILES string of the molecule is Cc1nc(C#N)ccc1CC(=S)C[C@H]1CCc2sc(CC(=O)C3CC3)c(C(=O)NCC3CC3)c2C1. The number of carbonyl (C=O) groups excluding carboxylic acids is 2. The fourth-order valence-corrected chi connectivity index (χ4v) is 6.83. The first kappa shape index (κ1) is 24.3. The molecule has 0 bridgehead atoms. The summed E-state index contributed by atoms with van der Waals surface area (Å²) in [6.07, 6.45) is 9.17. The predicted octanol–water partition coefficient (Wildman–Crippen LogP) is 5.09. The Morgan fingerprint density at radius 1 is 1.17 bits per heavy atom. The molecule has 0 unspecified atom stereocenters. The van der Waals surface area contributed by atoms with Gasteiger partial charge in [0.05, 0.1) is 5.56 Å². The van der Waals surface area contributed by atoms with E-state index in [2.05, 4.69) is 16.4 Å². The highest BCUT2D eigenvalue weighted by molar-refractivity contribution is 7.80.